The van der Waals surface area contributed by atoms with Gasteiger partial charge in [0.15, 0.2) is 11.5 Å². The van der Waals surface area contributed by atoms with E-state index in [4.69, 9.17) is 9.47 Å². The minimum Gasteiger partial charge on any atom is -0.493 e. The van der Waals surface area contributed by atoms with E-state index in [9.17, 15) is 9.59 Å². The molecule has 6 rings (SSSR count). The smallest absolute Gasteiger partial charge is 0.254 e. The molecule has 1 saturated carbocycles. The van der Waals surface area contributed by atoms with Crippen LogP contribution in [0.15, 0.2) is 64.2 Å². The van der Waals surface area contributed by atoms with Gasteiger partial charge in [0.2, 0.25) is 0 Å². The Morgan fingerprint density at radius 2 is 1.72 bits per heavy atom. The third-order valence-corrected chi connectivity index (χ3v) is 7.13. The molecule has 2 amide bonds. The van der Waals surface area contributed by atoms with Gasteiger partial charge in [-0.2, -0.15) is 10.1 Å². The van der Waals surface area contributed by atoms with E-state index in [2.05, 4.69) is 33.2 Å². The van der Waals surface area contributed by atoms with Gasteiger partial charge in [-0.05, 0) is 63.9 Å². The topological polar surface area (TPSA) is 68.2 Å². The number of rotatable bonds is 6. The third kappa shape index (κ3) is 3.64. The maximum absolute atomic E-state index is 12.9. The highest BCUT2D eigenvalue weighted by molar-refractivity contribution is 9.10. The number of hydrogen-bond acceptors (Lipinski definition) is 5. The van der Waals surface area contributed by atoms with Gasteiger partial charge in [0, 0.05) is 0 Å². The number of ether oxygens (including phenoxy) is 2. The molecule has 0 unspecified atom stereocenters. The molecule has 7 heteroatoms. The Morgan fingerprint density at radius 1 is 1.06 bits per heavy atom. The molecule has 3 aliphatic carbocycles. The fourth-order valence-corrected chi connectivity index (χ4v) is 5.55. The van der Waals surface area contributed by atoms with Gasteiger partial charge in [0.25, 0.3) is 11.8 Å². The van der Waals surface area contributed by atoms with E-state index in [1.807, 2.05) is 36.4 Å². The van der Waals surface area contributed by atoms with Crippen LogP contribution in [0.25, 0.3) is 0 Å². The number of hydrazone groups is 1. The Hall–Kier alpha value is -2.93. The largest absolute Gasteiger partial charge is 0.493 e. The molecule has 2 fully saturated rings. The molecule has 0 spiro atoms. The number of hydrogen-bond donors (Lipinski definition) is 0. The zero-order valence-corrected chi connectivity index (χ0v) is 19.2. The molecule has 2 bridgehead atoms. The van der Waals surface area contributed by atoms with Crippen molar-refractivity contribution in [3.05, 3.63) is 70.2 Å². The summed E-state index contributed by atoms with van der Waals surface area (Å²) in [6, 6.07) is 13.5. The summed E-state index contributed by atoms with van der Waals surface area (Å²) in [5.74, 6) is 0.501. The maximum Gasteiger partial charge on any atom is 0.254 e. The fraction of sp³-hybridized carbons (Fsp3) is 0.320. The van der Waals surface area contributed by atoms with Crippen LogP contribution in [0.5, 0.6) is 11.5 Å². The molecule has 164 valence electrons. The Morgan fingerprint density at radius 3 is 2.31 bits per heavy atom. The number of methoxy groups -OCH3 is 1. The van der Waals surface area contributed by atoms with E-state index in [1.54, 1.807) is 13.2 Å². The van der Waals surface area contributed by atoms with Crippen LogP contribution in [0.1, 0.15) is 24.0 Å². The van der Waals surface area contributed by atoms with Gasteiger partial charge in [-0.25, -0.2) is 0 Å². The number of allylic oxidation sites excluding steroid dienone is 2. The SMILES string of the molecule is COc1cc(/C=N\N2C(=O)[C@@H]3[C@H](C2=O)[C@@H]2C=C[C@H]3CC2)cc(Br)c1OCc1ccccc1. The number of carbonyl (C=O) groups excluding carboxylic acids is 2. The minimum absolute atomic E-state index is 0.150. The molecular formula is C25H23BrN2O4. The molecule has 6 nitrogen and oxygen atoms in total. The van der Waals surface area contributed by atoms with Crippen LogP contribution in [0.3, 0.4) is 0 Å². The lowest BCUT2D eigenvalue weighted by molar-refractivity contribution is -0.140. The highest BCUT2D eigenvalue weighted by Crippen LogP contribution is 2.49. The number of halogens is 1. The summed E-state index contributed by atoms with van der Waals surface area (Å²) in [7, 11) is 1.57. The van der Waals surface area contributed by atoms with Crippen molar-refractivity contribution in [1.82, 2.24) is 5.01 Å². The maximum atomic E-state index is 12.9. The molecular weight excluding hydrogens is 472 g/mol. The molecule has 4 atom stereocenters. The summed E-state index contributed by atoms with van der Waals surface area (Å²) in [4.78, 5) is 25.9. The average molecular weight is 495 g/mol. The first-order valence-electron chi connectivity index (χ1n) is 10.7. The second kappa shape index (κ2) is 8.54. The summed E-state index contributed by atoms with van der Waals surface area (Å²) in [6.07, 6.45) is 7.66. The number of nitrogens with zero attached hydrogens (tertiary/aromatic N) is 2. The van der Waals surface area contributed by atoms with E-state index in [0.29, 0.717) is 28.1 Å². The van der Waals surface area contributed by atoms with Crippen LogP contribution < -0.4 is 9.47 Å². The van der Waals surface area contributed by atoms with Gasteiger partial charge in [-0.1, -0.05) is 42.5 Å². The highest BCUT2D eigenvalue weighted by atomic mass is 79.9. The first kappa shape index (κ1) is 20.9. The zero-order chi connectivity index (χ0) is 22.2. The van der Waals surface area contributed by atoms with Crippen LogP contribution in [0, 0.1) is 23.7 Å². The van der Waals surface area contributed by atoms with Crippen molar-refractivity contribution in [2.45, 2.75) is 19.4 Å². The van der Waals surface area contributed by atoms with E-state index < -0.39 is 0 Å². The van der Waals surface area contributed by atoms with Crippen molar-refractivity contribution in [3.63, 3.8) is 0 Å². The van der Waals surface area contributed by atoms with Crippen molar-refractivity contribution in [2.24, 2.45) is 28.8 Å². The monoisotopic (exact) mass is 494 g/mol. The van der Waals surface area contributed by atoms with E-state index >= 15 is 0 Å². The molecule has 1 heterocycles. The second-order valence-electron chi connectivity index (χ2n) is 8.38. The molecule has 32 heavy (non-hydrogen) atoms. The van der Waals surface area contributed by atoms with Gasteiger partial charge in [0.1, 0.15) is 6.61 Å². The van der Waals surface area contributed by atoms with Crippen molar-refractivity contribution in [1.29, 1.82) is 0 Å². The van der Waals surface area contributed by atoms with Gasteiger partial charge in [-0.15, -0.1) is 0 Å². The summed E-state index contributed by atoms with van der Waals surface area (Å²) in [6.45, 7) is 0.402. The molecule has 1 aliphatic heterocycles. The summed E-state index contributed by atoms with van der Waals surface area (Å²) >= 11 is 3.54. The van der Waals surface area contributed by atoms with Crippen LogP contribution in [0.2, 0.25) is 0 Å². The van der Waals surface area contributed by atoms with Gasteiger partial charge >= 0.3 is 0 Å². The number of benzene rings is 2. The number of carbonyl (C=O) groups is 2. The fourth-order valence-electron chi connectivity index (χ4n) is 4.98. The molecule has 0 radical (unpaired) electrons. The lowest BCUT2D eigenvalue weighted by Gasteiger charge is -2.37. The quantitative estimate of drug-likeness (QED) is 0.335. The predicted molar refractivity (Wildman–Crippen MR) is 123 cm³/mol. The molecule has 1 saturated heterocycles. The minimum atomic E-state index is -0.265. The highest BCUT2D eigenvalue weighted by Gasteiger charge is 2.56. The molecule has 4 aliphatic rings. The Bertz CT molecular complexity index is 1080. The van der Waals surface area contributed by atoms with Crippen LogP contribution in [0.4, 0.5) is 0 Å². The van der Waals surface area contributed by atoms with Gasteiger partial charge < -0.3 is 9.47 Å². The zero-order valence-electron chi connectivity index (χ0n) is 17.6. The van der Waals surface area contributed by atoms with Crippen molar-refractivity contribution in [3.8, 4) is 11.5 Å². The molecule has 0 N–H and O–H groups in total. The Balaban J connectivity index is 1.35. The number of imide groups is 1. The Labute approximate surface area is 195 Å². The predicted octanol–water partition coefficient (Wildman–Crippen LogP) is 4.57. The van der Waals surface area contributed by atoms with Gasteiger partial charge in [-0.3, -0.25) is 9.59 Å². The lowest BCUT2D eigenvalue weighted by Crippen LogP contribution is -2.38. The van der Waals surface area contributed by atoms with Crippen molar-refractivity contribution in [2.75, 3.05) is 7.11 Å². The third-order valence-electron chi connectivity index (χ3n) is 6.54. The van der Waals surface area contributed by atoms with Crippen LogP contribution >= 0.6 is 15.9 Å². The summed E-state index contributed by atoms with van der Waals surface area (Å²) in [5.41, 5.74) is 1.74. The molecule has 2 aromatic carbocycles. The van der Waals surface area contributed by atoms with Crippen molar-refractivity contribution < 1.29 is 19.1 Å². The summed E-state index contributed by atoms with van der Waals surface area (Å²) in [5, 5.41) is 5.34. The van der Waals surface area contributed by atoms with Crippen molar-refractivity contribution >= 4 is 34.0 Å². The average Bonchev–Trinajstić information content (AvgIpc) is 3.10. The summed E-state index contributed by atoms with van der Waals surface area (Å²) < 4.78 is 12.2. The van der Waals surface area contributed by atoms with E-state index in [-0.39, 0.29) is 35.5 Å². The second-order valence-corrected chi connectivity index (χ2v) is 9.24. The Kier molecular flexibility index (Phi) is 5.59. The van der Waals surface area contributed by atoms with E-state index in [0.717, 1.165) is 23.4 Å². The van der Waals surface area contributed by atoms with Gasteiger partial charge in [0.05, 0.1) is 29.6 Å². The number of fused-ring (bicyclic) bond motifs is 1. The molecule has 2 aromatic rings. The van der Waals surface area contributed by atoms with Crippen LogP contribution in [-0.4, -0.2) is 30.1 Å². The molecule has 0 aromatic heterocycles. The first-order valence-corrected chi connectivity index (χ1v) is 11.5. The van der Waals surface area contributed by atoms with Crippen LogP contribution in [-0.2, 0) is 16.2 Å². The normalized spacial score (nSPS) is 26.1. The number of amides is 2. The first-order chi connectivity index (χ1) is 15.6. The lowest BCUT2D eigenvalue weighted by atomic mass is 9.63. The standard InChI is InChI=1S/C25H23BrN2O4/c1-31-20-12-16(11-19(26)23(20)32-14-15-5-3-2-4-6-15)13-27-28-24(29)21-17-7-8-18(10-9-17)22(21)25(28)30/h2-8,11-13,17-18,21-22H,9-10,14H2,1H3/b27-13-/t17-,18+,21-,22+. The van der Waals surface area contributed by atoms with E-state index in [1.165, 1.54) is 6.21 Å².